The first kappa shape index (κ1) is 24.7. The molecule has 2 amide bonds. The molecule has 0 radical (unpaired) electrons. The third-order valence-corrected chi connectivity index (χ3v) is 5.35. The standard InChI is InChI=1S/C25H37N3O3/c1-5-24(29)27(15-13-21(2)3)20-25(30)28(16-17-31-4)19-23-12-9-14-26(23)18-22-10-7-6-8-11-22/h6-12,14,21H,5,13,15-20H2,1-4H3. The molecule has 0 atom stereocenters. The lowest BCUT2D eigenvalue weighted by molar-refractivity contribution is -0.141. The van der Waals surface area contributed by atoms with E-state index in [9.17, 15) is 9.59 Å². The highest BCUT2D eigenvalue weighted by atomic mass is 16.5. The van der Waals surface area contributed by atoms with Crippen molar-refractivity contribution < 1.29 is 14.3 Å². The number of benzene rings is 1. The maximum absolute atomic E-state index is 13.2. The van der Waals surface area contributed by atoms with Crippen molar-refractivity contribution in [2.45, 2.75) is 46.7 Å². The van der Waals surface area contributed by atoms with Crippen LogP contribution < -0.4 is 0 Å². The second-order valence-electron chi connectivity index (χ2n) is 8.27. The van der Waals surface area contributed by atoms with E-state index in [1.165, 1.54) is 5.56 Å². The Morgan fingerprint density at radius 2 is 1.74 bits per heavy atom. The summed E-state index contributed by atoms with van der Waals surface area (Å²) in [6.45, 7) is 9.01. The van der Waals surface area contributed by atoms with Gasteiger partial charge in [0.1, 0.15) is 0 Å². The van der Waals surface area contributed by atoms with Crippen molar-refractivity contribution >= 4 is 11.8 Å². The van der Waals surface area contributed by atoms with Crippen LogP contribution in [-0.2, 0) is 27.4 Å². The molecule has 1 aromatic heterocycles. The monoisotopic (exact) mass is 427 g/mol. The largest absolute Gasteiger partial charge is 0.383 e. The van der Waals surface area contributed by atoms with Gasteiger partial charge in [0.15, 0.2) is 0 Å². The molecule has 0 saturated heterocycles. The topological polar surface area (TPSA) is 54.8 Å². The van der Waals surface area contributed by atoms with E-state index in [4.69, 9.17) is 4.74 Å². The Kier molecular flexibility index (Phi) is 10.3. The second-order valence-corrected chi connectivity index (χ2v) is 8.27. The quantitative estimate of drug-likeness (QED) is 0.489. The number of carbonyl (C=O) groups excluding carboxylic acids is 2. The van der Waals surface area contributed by atoms with E-state index in [2.05, 4.69) is 30.5 Å². The summed E-state index contributed by atoms with van der Waals surface area (Å²) < 4.78 is 7.40. The highest BCUT2D eigenvalue weighted by Crippen LogP contribution is 2.12. The molecule has 6 heteroatoms. The van der Waals surface area contributed by atoms with Crippen LogP contribution in [0.2, 0.25) is 0 Å². The van der Waals surface area contributed by atoms with E-state index in [1.54, 1.807) is 16.9 Å². The minimum absolute atomic E-state index is 0.0214. The predicted octanol–water partition coefficient (Wildman–Crippen LogP) is 3.80. The molecule has 2 aromatic rings. The number of methoxy groups -OCH3 is 1. The molecule has 0 unspecified atom stereocenters. The molecule has 0 aliphatic carbocycles. The molecule has 2 rings (SSSR count). The second kappa shape index (κ2) is 13.0. The minimum atomic E-state index is -0.0462. The minimum Gasteiger partial charge on any atom is -0.383 e. The highest BCUT2D eigenvalue weighted by Gasteiger charge is 2.21. The predicted molar refractivity (Wildman–Crippen MR) is 124 cm³/mol. The first-order valence-electron chi connectivity index (χ1n) is 11.2. The number of nitrogens with zero attached hydrogens (tertiary/aromatic N) is 3. The summed E-state index contributed by atoms with van der Waals surface area (Å²) in [5.74, 6) is 0.455. The Morgan fingerprint density at radius 3 is 2.39 bits per heavy atom. The van der Waals surface area contributed by atoms with Gasteiger partial charge in [0.25, 0.3) is 0 Å². The van der Waals surface area contributed by atoms with Crippen LogP contribution in [0.15, 0.2) is 48.7 Å². The third-order valence-electron chi connectivity index (χ3n) is 5.35. The summed E-state index contributed by atoms with van der Waals surface area (Å²) in [7, 11) is 1.64. The van der Waals surface area contributed by atoms with Gasteiger partial charge >= 0.3 is 0 Å². The molecular formula is C25H37N3O3. The molecule has 170 valence electrons. The van der Waals surface area contributed by atoms with Gasteiger partial charge in [0.2, 0.25) is 11.8 Å². The fourth-order valence-corrected chi connectivity index (χ4v) is 3.41. The van der Waals surface area contributed by atoms with Gasteiger partial charge in [-0.05, 0) is 30.0 Å². The molecule has 31 heavy (non-hydrogen) atoms. The van der Waals surface area contributed by atoms with Crippen molar-refractivity contribution in [2.75, 3.05) is 33.4 Å². The summed E-state index contributed by atoms with van der Waals surface area (Å²) in [5.41, 5.74) is 2.27. The van der Waals surface area contributed by atoms with Crippen LogP contribution in [0.1, 0.15) is 44.9 Å². The van der Waals surface area contributed by atoms with E-state index in [0.717, 1.165) is 18.7 Å². The maximum atomic E-state index is 13.2. The van der Waals surface area contributed by atoms with Crippen LogP contribution in [0.5, 0.6) is 0 Å². The summed E-state index contributed by atoms with van der Waals surface area (Å²) in [4.78, 5) is 29.1. The van der Waals surface area contributed by atoms with Crippen LogP contribution in [-0.4, -0.2) is 59.5 Å². The Morgan fingerprint density at radius 1 is 1.00 bits per heavy atom. The van der Waals surface area contributed by atoms with E-state index in [-0.39, 0.29) is 18.4 Å². The molecule has 0 bridgehead atoms. The first-order chi connectivity index (χ1) is 14.9. The number of ether oxygens (including phenoxy) is 1. The number of aromatic nitrogens is 1. The Labute approximate surface area is 186 Å². The molecule has 0 N–H and O–H groups in total. The van der Waals surface area contributed by atoms with Gasteiger partial charge in [0.05, 0.1) is 19.7 Å². The number of rotatable bonds is 13. The summed E-state index contributed by atoms with van der Waals surface area (Å²) in [6.07, 6.45) is 3.33. The summed E-state index contributed by atoms with van der Waals surface area (Å²) in [5, 5.41) is 0. The molecule has 0 aliphatic heterocycles. The molecule has 0 spiro atoms. The molecule has 0 aliphatic rings. The Balaban J connectivity index is 2.11. The van der Waals surface area contributed by atoms with Crippen molar-refractivity contribution in [3.05, 3.63) is 59.9 Å². The van der Waals surface area contributed by atoms with Crippen molar-refractivity contribution in [1.29, 1.82) is 0 Å². The number of amides is 2. The smallest absolute Gasteiger partial charge is 0.242 e. The van der Waals surface area contributed by atoms with Gasteiger partial charge < -0.3 is 19.1 Å². The number of carbonyl (C=O) groups is 2. The average molecular weight is 428 g/mol. The van der Waals surface area contributed by atoms with Gasteiger partial charge in [-0.2, -0.15) is 0 Å². The molecule has 0 saturated carbocycles. The summed E-state index contributed by atoms with van der Waals surface area (Å²) in [6, 6.07) is 14.3. The van der Waals surface area contributed by atoms with Crippen LogP contribution in [0, 0.1) is 5.92 Å². The van der Waals surface area contributed by atoms with Gasteiger partial charge in [-0.1, -0.05) is 51.1 Å². The van der Waals surface area contributed by atoms with Crippen LogP contribution in [0.25, 0.3) is 0 Å². The van der Waals surface area contributed by atoms with Crippen molar-refractivity contribution in [2.24, 2.45) is 5.92 Å². The van der Waals surface area contributed by atoms with E-state index in [1.807, 2.05) is 43.5 Å². The molecule has 0 fully saturated rings. The van der Waals surface area contributed by atoms with Crippen LogP contribution in [0.3, 0.4) is 0 Å². The molecular weight excluding hydrogens is 390 g/mol. The lowest BCUT2D eigenvalue weighted by atomic mass is 10.1. The lowest BCUT2D eigenvalue weighted by Crippen LogP contribution is -2.44. The van der Waals surface area contributed by atoms with Crippen LogP contribution >= 0.6 is 0 Å². The molecule has 1 heterocycles. The van der Waals surface area contributed by atoms with E-state index in [0.29, 0.717) is 38.6 Å². The highest BCUT2D eigenvalue weighted by molar-refractivity contribution is 5.84. The Hall–Kier alpha value is -2.60. The van der Waals surface area contributed by atoms with Crippen molar-refractivity contribution in [3.63, 3.8) is 0 Å². The number of hydrogen-bond acceptors (Lipinski definition) is 3. The first-order valence-corrected chi connectivity index (χ1v) is 11.2. The van der Waals surface area contributed by atoms with Gasteiger partial charge in [0, 0.05) is 45.1 Å². The normalized spacial score (nSPS) is 11.0. The number of hydrogen-bond donors (Lipinski definition) is 0. The zero-order valence-corrected chi connectivity index (χ0v) is 19.4. The molecule has 1 aromatic carbocycles. The van der Waals surface area contributed by atoms with Crippen molar-refractivity contribution in [1.82, 2.24) is 14.4 Å². The van der Waals surface area contributed by atoms with Crippen molar-refractivity contribution in [3.8, 4) is 0 Å². The third kappa shape index (κ3) is 8.21. The van der Waals surface area contributed by atoms with Gasteiger partial charge in [-0.3, -0.25) is 9.59 Å². The van der Waals surface area contributed by atoms with Gasteiger partial charge in [-0.25, -0.2) is 0 Å². The molecule has 6 nitrogen and oxygen atoms in total. The Bertz CT molecular complexity index is 801. The SMILES string of the molecule is CCC(=O)N(CCC(C)C)CC(=O)N(CCOC)Cc1cccn1Cc1ccccc1. The zero-order valence-electron chi connectivity index (χ0n) is 19.4. The van der Waals surface area contributed by atoms with E-state index >= 15 is 0 Å². The summed E-state index contributed by atoms with van der Waals surface area (Å²) >= 11 is 0. The van der Waals surface area contributed by atoms with Crippen LogP contribution in [0.4, 0.5) is 0 Å². The van der Waals surface area contributed by atoms with E-state index < -0.39 is 0 Å². The zero-order chi connectivity index (χ0) is 22.6. The fraction of sp³-hybridized carbons (Fsp3) is 0.520. The van der Waals surface area contributed by atoms with Gasteiger partial charge in [-0.15, -0.1) is 0 Å². The maximum Gasteiger partial charge on any atom is 0.242 e. The fourth-order valence-electron chi connectivity index (χ4n) is 3.41. The lowest BCUT2D eigenvalue weighted by Gasteiger charge is -2.28. The average Bonchev–Trinajstić information content (AvgIpc) is 3.20.